The Morgan fingerprint density at radius 2 is 1.90 bits per heavy atom. The van der Waals surface area contributed by atoms with Gasteiger partial charge in [-0.15, -0.1) is 0 Å². The Kier molecular flexibility index (Phi) is 7.00. The highest BCUT2D eigenvalue weighted by molar-refractivity contribution is 5.96. The van der Waals surface area contributed by atoms with Crippen LogP contribution in [-0.2, 0) is 0 Å². The van der Waals surface area contributed by atoms with Crippen LogP contribution < -0.4 is 16.0 Å². The molecule has 1 rings (SSSR count). The number of likely N-dealkylation sites (N-methyl/N-ethyl adjacent to an activating group) is 2. The SMILES string of the molecule is CN(C)CCN(C)CCOc1ccccc1C(=O)NN. The number of nitrogens with one attached hydrogen (secondary N) is 1. The van der Waals surface area contributed by atoms with E-state index < -0.39 is 0 Å². The van der Waals surface area contributed by atoms with E-state index in [0.717, 1.165) is 19.6 Å². The second-order valence-corrected chi connectivity index (χ2v) is 4.92. The number of amides is 1. The van der Waals surface area contributed by atoms with Crippen molar-refractivity contribution < 1.29 is 9.53 Å². The van der Waals surface area contributed by atoms with Crippen LogP contribution in [0.15, 0.2) is 24.3 Å². The summed E-state index contributed by atoms with van der Waals surface area (Å²) in [4.78, 5) is 15.9. The molecule has 112 valence electrons. The summed E-state index contributed by atoms with van der Waals surface area (Å²) in [6.45, 7) is 3.30. The zero-order valence-corrected chi connectivity index (χ0v) is 12.4. The molecule has 1 aromatic rings. The minimum Gasteiger partial charge on any atom is -0.491 e. The fraction of sp³-hybridized carbons (Fsp3) is 0.500. The van der Waals surface area contributed by atoms with E-state index in [-0.39, 0.29) is 5.91 Å². The van der Waals surface area contributed by atoms with Crippen LogP contribution in [0.4, 0.5) is 0 Å². The Bertz CT molecular complexity index is 423. The van der Waals surface area contributed by atoms with E-state index in [1.54, 1.807) is 18.2 Å². The number of hydrazine groups is 1. The van der Waals surface area contributed by atoms with Crippen LogP contribution in [0.25, 0.3) is 0 Å². The zero-order valence-electron chi connectivity index (χ0n) is 12.4. The Labute approximate surface area is 120 Å². The number of nitrogens with zero attached hydrogens (tertiary/aromatic N) is 2. The van der Waals surface area contributed by atoms with Gasteiger partial charge in [0, 0.05) is 19.6 Å². The third-order valence-corrected chi connectivity index (χ3v) is 2.92. The van der Waals surface area contributed by atoms with Crippen LogP contribution in [-0.4, -0.2) is 63.1 Å². The summed E-state index contributed by atoms with van der Waals surface area (Å²) >= 11 is 0. The van der Waals surface area contributed by atoms with Crippen LogP contribution in [0, 0.1) is 0 Å². The van der Waals surface area contributed by atoms with Crippen molar-refractivity contribution in [2.75, 3.05) is 47.4 Å². The lowest BCUT2D eigenvalue weighted by molar-refractivity contribution is 0.0949. The third kappa shape index (κ3) is 5.56. The first-order chi connectivity index (χ1) is 9.54. The lowest BCUT2D eigenvalue weighted by atomic mass is 10.2. The van der Waals surface area contributed by atoms with Crippen molar-refractivity contribution in [2.24, 2.45) is 5.84 Å². The first kappa shape index (κ1) is 16.4. The maximum atomic E-state index is 11.6. The molecular formula is C14H24N4O2. The number of benzene rings is 1. The number of hydrogen-bond acceptors (Lipinski definition) is 5. The minimum atomic E-state index is -0.346. The standard InChI is InChI=1S/C14H24N4O2/c1-17(2)8-9-18(3)10-11-20-13-7-5-4-6-12(13)14(19)16-15/h4-7H,8-11,15H2,1-3H3,(H,16,19). The molecule has 0 aliphatic rings. The van der Waals surface area contributed by atoms with Gasteiger partial charge in [0.25, 0.3) is 5.91 Å². The molecule has 0 atom stereocenters. The predicted octanol–water partition coefficient (Wildman–Crippen LogP) is 0.162. The molecule has 0 unspecified atom stereocenters. The van der Waals surface area contributed by atoms with Gasteiger partial charge >= 0.3 is 0 Å². The molecule has 0 aliphatic carbocycles. The van der Waals surface area contributed by atoms with Gasteiger partial charge in [0.2, 0.25) is 0 Å². The third-order valence-electron chi connectivity index (χ3n) is 2.92. The molecule has 0 bridgehead atoms. The van der Waals surface area contributed by atoms with E-state index in [1.165, 1.54) is 0 Å². The second kappa shape index (κ2) is 8.52. The molecule has 0 radical (unpaired) electrons. The number of hydrogen-bond donors (Lipinski definition) is 2. The van der Waals surface area contributed by atoms with E-state index in [4.69, 9.17) is 10.6 Å². The van der Waals surface area contributed by atoms with Gasteiger partial charge in [-0.3, -0.25) is 10.2 Å². The zero-order chi connectivity index (χ0) is 15.0. The fourth-order valence-electron chi connectivity index (χ4n) is 1.65. The van der Waals surface area contributed by atoms with Crippen LogP contribution >= 0.6 is 0 Å². The molecule has 0 fully saturated rings. The number of para-hydroxylation sites is 1. The van der Waals surface area contributed by atoms with Gasteiger partial charge in [-0.05, 0) is 33.3 Å². The van der Waals surface area contributed by atoms with Crippen molar-refractivity contribution in [2.45, 2.75) is 0 Å². The van der Waals surface area contributed by atoms with Crippen molar-refractivity contribution in [3.8, 4) is 5.75 Å². The highest BCUT2D eigenvalue weighted by Crippen LogP contribution is 2.17. The fourth-order valence-corrected chi connectivity index (χ4v) is 1.65. The lowest BCUT2D eigenvalue weighted by Crippen LogP contribution is -2.32. The summed E-state index contributed by atoms with van der Waals surface area (Å²) in [6, 6.07) is 7.07. The van der Waals surface area contributed by atoms with Gasteiger partial charge in [-0.25, -0.2) is 5.84 Å². The largest absolute Gasteiger partial charge is 0.491 e. The maximum absolute atomic E-state index is 11.6. The number of nitrogens with two attached hydrogens (primary N) is 1. The molecule has 20 heavy (non-hydrogen) atoms. The van der Waals surface area contributed by atoms with E-state index in [2.05, 4.69) is 15.2 Å². The van der Waals surface area contributed by atoms with Crippen LogP contribution in [0.1, 0.15) is 10.4 Å². The summed E-state index contributed by atoms with van der Waals surface area (Å²) in [5, 5.41) is 0. The quantitative estimate of drug-likeness (QED) is 0.403. The number of rotatable bonds is 8. The van der Waals surface area contributed by atoms with Gasteiger partial charge in [0.15, 0.2) is 0 Å². The molecule has 0 heterocycles. The van der Waals surface area contributed by atoms with Gasteiger partial charge in [-0.2, -0.15) is 0 Å². The van der Waals surface area contributed by atoms with Crippen molar-refractivity contribution in [1.82, 2.24) is 15.2 Å². The molecule has 0 aliphatic heterocycles. The van der Waals surface area contributed by atoms with Crippen molar-refractivity contribution in [1.29, 1.82) is 0 Å². The van der Waals surface area contributed by atoms with Gasteiger partial charge in [0.1, 0.15) is 12.4 Å². The van der Waals surface area contributed by atoms with Crippen molar-refractivity contribution in [3.05, 3.63) is 29.8 Å². The highest BCUT2D eigenvalue weighted by Gasteiger charge is 2.10. The first-order valence-electron chi connectivity index (χ1n) is 6.60. The first-order valence-corrected chi connectivity index (χ1v) is 6.60. The molecule has 0 aromatic heterocycles. The lowest BCUT2D eigenvalue weighted by Gasteiger charge is -2.19. The average molecular weight is 280 g/mol. The average Bonchev–Trinajstić information content (AvgIpc) is 2.45. The van der Waals surface area contributed by atoms with E-state index in [0.29, 0.717) is 17.9 Å². The Balaban J connectivity index is 2.44. The minimum absolute atomic E-state index is 0.346. The van der Waals surface area contributed by atoms with Crippen molar-refractivity contribution >= 4 is 5.91 Å². The van der Waals surface area contributed by atoms with E-state index in [1.807, 2.05) is 27.2 Å². The summed E-state index contributed by atoms with van der Waals surface area (Å²) in [6.07, 6.45) is 0. The smallest absolute Gasteiger partial charge is 0.268 e. The summed E-state index contributed by atoms with van der Waals surface area (Å²) < 4.78 is 5.67. The highest BCUT2D eigenvalue weighted by atomic mass is 16.5. The molecule has 0 spiro atoms. The van der Waals surface area contributed by atoms with E-state index in [9.17, 15) is 4.79 Å². The predicted molar refractivity (Wildman–Crippen MR) is 79.6 cm³/mol. The monoisotopic (exact) mass is 280 g/mol. The normalized spacial score (nSPS) is 10.9. The molecule has 1 amide bonds. The van der Waals surface area contributed by atoms with Crippen LogP contribution in [0.2, 0.25) is 0 Å². The molecule has 6 heteroatoms. The number of nitrogen functional groups attached to an aromatic ring is 1. The van der Waals surface area contributed by atoms with Crippen LogP contribution in [0.5, 0.6) is 5.75 Å². The molecular weight excluding hydrogens is 256 g/mol. The molecule has 1 aromatic carbocycles. The van der Waals surface area contributed by atoms with Gasteiger partial charge < -0.3 is 14.5 Å². The summed E-state index contributed by atoms with van der Waals surface area (Å²) in [7, 11) is 6.14. The Morgan fingerprint density at radius 1 is 1.20 bits per heavy atom. The second-order valence-electron chi connectivity index (χ2n) is 4.92. The summed E-state index contributed by atoms with van der Waals surface area (Å²) in [5.74, 6) is 5.36. The number of ether oxygens (including phenoxy) is 1. The Hall–Kier alpha value is -1.63. The molecule has 6 nitrogen and oxygen atoms in total. The molecule has 0 saturated heterocycles. The summed E-state index contributed by atoms with van der Waals surface area (Å²) in [5.41, 5.74) is 2.57. The van der Waals surface area contributed by atoms with Gasteiger partial charge in [0.05, 0.1) is 5.56 Å². The van der Waals surface area contributed by atoms with Crippen molar-refractivity contribution in [3.63, 3.8) is 0 Å². The topological polar surface area (TPSA) is 70.8 Å². The number of carbonyl (C=O) groups is 1. The maximum Gasteiger partial charge on any atom is 0.268 e. The van der Waals surface area contributed by atoms with E-state index >= 15 is 0 Å². The molecule has 0 saturated carbocycles. The molecule has 3 N–H and O–H groups in total. The van der Waals surface area contributed by atoms with Gasteiger partial charge in [-0.1, -0.05) is 12.1 Å². The Morgan fingerprint density at radius 3 is 2.55 bits per heavy atom. The van der Waals surface area contributed by atoms with Crippen LogP contribution in [0.3, 0.4) is 0 Å². The number of carbonyl (C=O) groups excluding carboxylic acids is 1.